The number of carbonyl (C=O) groups excluding carboxylic acids is 1. The van der Waals surface area contributed by atoms with Gasteiger partial charge in [0.05, 0.1) is 10.5 Å². The first-order chi connectivity index (χ1) is 16.5. The molecule has 0 unspecified atom stereocenters. The van der Waals surface area contributed by atoms with Crippen LogP contribution in [0.4, 0.5) is 5.69 Å². The fraction of sp³-hybridized carbons (Fsp3) is 0.296. The van der Waals surface area contributed by atoms with E-state index in [9.17, 15) is 13.2 Å². The lowest BCUT2D eigenvalue weighted by Crippen LogP contribution is -2.45. The van der Waals surface area contributed by atoms with Gasteiger partial charge < -0.3 is 9.80 Å². The lowest BCUT2D eigenvalue weighted by Gasteiger charge is -2.35. The van der Waals surface area contributed by atoms with E-state index >= 15 is 0 Å². The van der Waals surface area contributed by atoms with E-state index < -0.39 is 10.0 Å². The molecule has 1 heterocycles. The van der Waals surface area contributed by atoms with Crippen LogP contribution in [0, 0.1) is 0 Å². The molecule has 0 radical (unpaired) electrons. The molecule has 1 N–H and O–H groups in total. The molecule has 0 bridgehead atoms. The molecule has 7 heteroatoms. The Morgan fingerprint density at radius 3 is 2.15 bits per heavy atom. The molecule has 1 fully saturated rings. The Bertz CT molecular complexity index is 1190. The first-order valence-electron chi connectivity index (χ1n) is 11.7. The Morgan fingerprint density at radius 1 is 0.912 bits per heavy atom. The topological polar surface area (TPSA) is 69.7 Å². The maximum atomic E-state index is 13.5. The molecule has 1 aliphatic rings. The summed E-state index contributed by atoms with van der Waals surface area (Å²) in [5, 5.41) is 0. The van der Waals surface area contributed by atoms with Crippen molar-refractivity contribution in [2.24, 2.45) is 0 Å². The summed E-state index contributed by atoms with van der Waals surface area (Å²) in [6.07, 6.45) is 1.35. The number of sulfonamides is 1. The van der Waals surface area contributed by atoms with E-state index in [-0.39, 0.29) is 16.8 Å². The van der Waals surface area contributed by atoms with Crippen LogP contribution in [0.25, 0.3) is 0 Å². The second kappa shape index (κ2) is 10.8. The minimum atomic E-state index is -3.54. The Labute approximate surface area is 202 Å². The third kappa shape index (κ3) is 5.66. The summed E-state index contributed by atoms with van der Waals surface area (Å²) < 4.78 is 28.2. The molecule has 0 saturated carbocycles. The number of rotatable bonds is 8. The van der Waals surface area contributed by atoms with Crippen molar-refractivity contribution in [1.29, 1.82) is 0 Å². The maximum Gasteiger partial charge on any atom is 0.256 e. The molecule has 3 aromatic rings. The van der Waals surface area contributed by atoms with Crippen LogP contribution < -0.4 is 9.62 Å². The first-order valence-corrected chi connectivity index (χ1v) is 13.2. The van der Waals surface area contributed by atoms with Gasteiger partial charge in [0.1, 0.15) is 0 Å². The van der Waals surface area contributed by atoms with Crippen molar-refractivity contribution in [2.75, 3.05) is 24.5 Å². The van der Waals surface area contributed by atoms with Gasteiger partial charge in [0.15, 0.2) is 0 Å². The molecule has 0 aliphatic carbocycles. The van der Waals surface area contributed by atoms with Gasteiger partial charge in [0.2, 0.25) is 10.0 Å². The van der Waals surface area contributed by atoms with Gasteiger partial charge in [-0.25, -0.2) is 13.1 Å². The van der Waals surface area contributed by atoms with E-state index in [1.54, 1.807) is 30.3 Å². The predicted octanol–water partition coefficient (Wildman–Crippen LogP) is 4.30. The van der Waals surface area contributed by atoms with Crippen LogP contribution in [0.15, 0.2) is 89.8 Å². The fourth-order valence-electron chi connectivity index (χ4n) is 4.36. The van der Waals surface area contributed by atoms with E-state index in [0.29, 0.717) is 44.6 Å². The standard InChI is InChI=1S/C27H31N3O3S/c1-2-29(21-22-11-5-3-6-12-22)27(31)25-15-9-10-16-26(25)30-19-17-23(18-20-30)28-34(32,33)24-13-7-4-8-14-24/h3-16,23,28H,2,17-21H2,1H3. The second-order valence-corrected chi connectivity index (χ2v) is 10.2. The molecular weight excluding hydrogens is 446 g/mol. The van der Waals surface area contributed by atoms with Crippen molar-refractivity contribution in [1.82, 2.24) is 9.62 Å². The predicted molar refractivity (Wildman–Crippen MR) is 135 cm³/mol. The third-order valence-electron chi connectivity index (χ3n) is 6.23. The van der Waals surface area contributed by atoms with Crippen molar-refractivity contribution in [3.05, 3.63) is 96.1 Å². The summed E-state index contributed by atoms with van der Waals surface area (Å²) in [5.74, 6) is 0.00820. The van der Waals surface area contributed by atoms with Gasteiger partial charge in [0.25, 0.3) is 5.91 Å². The monoisotopic (exact) mass is 477 g/mol. The maximum absolute atomic E-state index is 13.5. The van der Waals surface area contributed by atoms with E-state index in [0.717, 1.165) is 11.3 Å². The molecule has 4 rings (SSSR count). The van der Waals surface area contributed by atoms with E-state index in [2.05, 4.69) is 9.62 Å². The third-order valence-corrected chi connectivity index (χ3v) is 7.77. The zero-order chi connectivity index (χ0) is 24.0. The Balaban J connectivity index is 1.44. The molecule has 0 atom stereocenters. The molecular formula is C27H31N3O3S. The van der Waals surface area contributed by atoms with Crippen molar-refractivity contribution in [3.63, 3.8) is 0 Å². The molecule has 178 valence electrons. The molecule has 1 aliphatic heterocycles. The zero-order valence-electron chi connectivity index (χ0n) is 19.4. The number of benzene rings is 3. The van der Waals surface area contributed by atoms with E-state index in [1.807, 2.05) is 66.4 Å². The van der Waals surface area contributed by atoms with Gasteiger partial charge in [-0.15, -0.1) is 0 Å². The Hall–Kier alpha value is -3.16. The molecule has 3 aromatic carbocycles. The van der Waals surface area contributed by atoms with Gasteiger partial charge in [-0.05, 0) is 49.6 Å². The molecule has 0 spiro atoms. The Kier molecular flexibility index (Phi) is 7.65. The number of hydrogen-bond acceptors (Lipinski definition) is 4. The molecule has 34 heavy (non-hydrogen) atoms. The normalized spacial score (nSPS) is 14.7. The molecule has 6 nitrogen and oxygen atoms in total. The largest absolute Gasteiger partial charge is 0.371 e. The van der Waals surface area contributed by atoms with Crippen LogP contribution in [0.2, 0.25) is 0 Å². The second-order valence-electron chi connectivity index (χ2n) is 8.52. The van der Waals surface area contributed by atoms with E-state index in [4.69, 9.17) is 0 Å². The molecule has 1 saturated heterocycles. The Morgan fingerprint density at radius 2 is 1.50 bits per heavy atom. The molecule has 0 aromatic heterocycles. The average Bonchev–Trinajstić information content (AvgIpc) is 2.88. The van der Waals surface area contributed by atoms with Gasteiger partial charge >= 0.3 is 0 Å². The number of hydrogen-bond donors (Lipinski definition) is 1. The number of anilines is 1. The lowest BCUT2D eigenvalue weighted by atomic mass is 10.0. The van der Waals surface area contributed by atoms with Crippen molar-refractivity contribution in [3.8, 4) is 0 Å². The van der Waals surface area contributed by atoms with Crippen LogP contribution in [-0.4, -0.2) is 44.9 Å². The highest BCUT2D eigenvalue weighted by Crippen LogP contribution is 2.26. The highest BCUT2D eigenvalue weighted by molar-refractivity contribution is 7.89. The highest BCUT2D eigenvalue weighted by atomic mass is 32.2. The molecule has 1 amide bonds. The van der Waals surface area contributed by atoms with Gasteiger partial charge in [0, 0.05) is 37.9 Å². The van der Waals surface area contributed by atoms with Crippen molar-refractivity contribution >= 4 is 21.6 Å². The van der Waals surface area contributed by atoms with Crippen LogP contribution in [0.5, 0.6) is 0 Å². The minimum Gasteiger partial charge on any atom is -0.371 e. The zero-order valence-corrected chi connectivity index (χ0v) is 20.2. The number of nitrogens with zero attached hydrogens (tertiary/aromatic N) is 2. The summed E-state index contributed by atoms with van der Waals surface area (Å²) in [7, 11) is -3.54. The number of piperidine rings is 1. The van der Waals surface area contributed by atoms with Crippen LogP contribution in [-0.2, 0) is 16.6 Å². The van der Waals surface area contributed by atoms with Crippen molar-refractivity contribution in [2.45, 2.75) is 37.2 Å². The van der Waals surface area contributed by atoms with Crippen LogP contribution in [0.1, 0.15) is 35.7 Å². The first kappa shape index (κ1) is 24.0. The number of para-hydroxylation sites is 1. The van der Waals surface area contributed by atoms with Gasteiger partial charge in [-0.1, -0.05) is 60.7 Å². The van der Waals surface area contributed by atoms with Gasteiger partial charge in [-0.3, -0.25) is 4.79 Å². The summed E-state index contributed by atoms with van der Waals surface area (Å²) in [6.45, 7) is 4.53. The SMILES string of the molecule is CCN(Cc1ccccc1)C(=O)c1ccccc1N1CCC(NS(=O)(=O)c2ccccc2)CC1. The minimum absolute atomic E-state index is 0.00820. The summed E-state index contributed by atoms with van der Waals surface area (Å²) in [4.78, 5) is 17.8. The number of nitrogens with one attached hydrogen (secondary N) is 1. The van der Waals surface area contributed by atoms with Crippen LogP contribution in [0.3, 0.4) is 0 Å². The highest BCUT2D eigenvalue weighted by Gasteiger charge is 2.27. The quantitative estimate of drug-likeness (QED) is 0.525. The van der Waals surface area contributed by atoms with Crippen molar-refractivity contribution < 1.29 is 13.2 Å². The number of carbonyl (C=O) groups is 1. The number of amides is 1. The van der Waals surface area contributed by atoms with Gasteiger partial charge in [-0.2, -0.15) is 0 Å². The summed E-state index contributed by atoms with van der Waals surface area (Å²) in [6, 6.07) is 26.0. The van der Waals surface area contributed by atoms with E-state index in [1.165, 1.54) is 0 Å². The average molecular weight is 478 g/mol. The van der Waals surface area contributed by atoms with Crippen LogP contribution >= 0.6 is 0 Å². The summed E-state index contributed by atoms with van der Waals surface area (Å²) in [5.41, 5.74) is 2.69. The smallest absolute Gasteiger partial charge is 0.256 e. The summed E-state index contributed by atoms with van der Waals surface area (Å²) >= 11 is 0. The fourth-order valence-corrected chi connectivity index (χ4v) is 5.68. The lowest BCUT2D eigenvalue weighted by molar-refractivity contribution is 0.0753.